The van der Waals surface area contributed by atoms with Crippen molar-refractivity contribution >= 4 is 22.7 Å². The van der Waals surface area contributed by atoms with Crippen LogP contribution >= 0.6 is 11.8 Å². The highest BCUT2D eigenvalue weighted by atomic mass is 32.2. The molecule has 1 N–H and O–H groups in total. The Morgan fingerprint density at radius 1 is 1.25 bits per heavy atom. The van der Waals surface area contributed by atoms with Gasteiger partial charge in [-0.15, -0.1) is 11.8 Å². The highest BCUT2D eigenvalue weighted by Gasteiger charge is 2.13. The van der Waals surface area contributed by atoms with Crippen LogP contribution in [0.3, 0.4) is 0 Å². The quantitative estimate of drug-likeness (QED) is 0.651. The van der Waals surface area contributed by atoms with Gasteiger partial charge in [-0.25, -0.2) is 0 Å². The molecule has 1 nitrogen and oxygen atoms in total. The van der Waals surface area contributed by atoms with Gasteiger partial charge in [-0.1, -0.05) is 0 Å². The molecule has 0 amide bonds. The lowest BCUT2D eigenvalue weighted by Gasteiger charge is -1.98. The summed E-state index contributed by atoms with van der Waals surface area (Å²) in [6, 6.07) is 6.58. The van der Waals surface area contributed by atoms with Crippen molar-refractivity contribution in [1.82, 2.24) is 4.98 Å². The van der Waals surface area contributed by atoms with Gasteiger partial charge in [-0.2, -0.15) is 0 Å². The van der Waals surface area contributed by atoms with Crippen molar-refractivity contribution in [2.75, 3.05) is 5.75 Å². The first-order valence-corrected chi connectivity index (χ1v) is 5.15. The smallest absolute Gasteiger partial charge is 0.0457 e. The van der Waals surface area contributed by atoms with Crippen LogP contribution in [0.4, 0.5) is 0 Å². The topological polar surface area (TPSA) is 15.8 Å². The lowest BCUT2D eigenvalue weighted by molar-refractivity contribution is 1.17. The van der Waals surface area contributed by atoms with Crippen molar-refractivity contribution in [2.24, 2.45) is 0 Å². The third-order valence-corrected chi connectivity index (χ3v) is 3.51. The fraction of sp³-hybridized carbons (Fsp3) is 0.200. The first-order valence-electron chi connectivity index (χ1n) is 4.17. The van der Waals surface area contributed by atoms with Gasteiger partial charge in [0, 0.05) is 27.7 Å². The van der Waals surface area contributed by atoms with E-state index < -0.39 is 0 Å². The number of nitrogens with one attached hydrogen (secondary N) is 1. The van der Waals surface area contributed by atoms with E-state index in [-0.39, 0.29) is 0 Å². The first-order chi connectivity index (χ1) is 5.95. The Bertz CT molecular complexity index is 430. The number of aryl methyl sites for hydroxylation is 1. The van der Waals surface area contributed by atoms with E-state index in [0.29, 0.717) is 0 Å². The summed E-state index contributed by atoms with van der Waals surface area (Å²) >= 11 is 1.97. The Kier molecular flexibility index (Phi) is 1.27. The Labute approximate surface area is 75.2 Å². The Hall–Kier alpha value is -0.890. The van der Waals surface area contributed by atoms with E-state index in [1.54, 1.807) is 5.56 Å². The van der Waals surface area contributed by atoms with Crippen LogP contribution in [0.1, 0.15) is 5.56 Å². The number of aromatic nitrogens is 1. The van der Waals surface area contributed by atoms with Gasteiger partial charge in [-0.3, -0.25) is 0 Å². The maximum Gasteiger partial charge on any atom is 0.0457 e. The minimum atomic E-state index is 1.23. The lowest BCUT2D eigenvalue weighted by atomic mass is 10.1. The Balaban J connectivity index is 2.46. The monoisotopic (exact) mass is 175 g/mol. The third kappa shape index (κ3) is 0.758. The molecule has 1 aliphatic heterocycles. The molecule has 1 aliphatic rings. The Morgan fingerprint density at radius 3 is 3.25 bits per heavy atom. The molecule has 0 unspecified atom stereocenters. The molecule has 2 heterocycles. The van der Waals surface area contributed by atoms with E-state index in [4.69, 9.17) is 0 Å². The van der Waals surface area contributed by atoms with Crippen LogP contribution < -0.4 is 0 Å². The summed E-state index contributed by atoms with van der Waals surface area (Å²) in [5.74, 6) is 1.25. The second kappa shape index (κ2) is 2.30. The molecular weight excluding hydrogens is 166 g/mol. The van der Waals surface area contributed by atoms with E-state index in [2.05, 4.69) is 23.2 Å². The number of benzene rings is 1. The molecule has 0 saturated carbocycles. The molecule has 0 fully saturated rings. The van der Waals surface area contributed by atoms with Crippen LogP contribution in [0.2, 0.25) is 0 Å². The van der Waals surface area contributed by atoms with Crippen molar-refractivity contribution in [1.29, 1.82) is 0 Å². The standard InChI is InChI=1S/C10H9NS/c1-2-10-8(4-6-12-10)7-3-5-11-9(1)7/h1-3,5,11H,4,6H2. The van der Waals surface area contributed by atoms with Gasteiger partial charge in [-0.05, 0) is 30.2 Å². The van der Waals surface area contributed by atoms with Gasteiger partial charge >= 0.3 is 0 Å². The van der Waals surface area contributed by atoms with Crippen LogP contribution in [-0.2, 0) is 6.42 Å². The zero-order valence-corrected chi connectivity index (χ0v) is 7.45. The van der Waals surface area contributed by atoms with Gasteiger partial charge in [0.1, 0.15) is 0 Å². The molecule has 0 spiro atoms. The van der Waals surface area contributed by atoms with E-state index in [1.165, 1.54) is 28.0 Å². The van der Waals surface area contributed by atoms with Gasteiger partial charge in [0.2, 0.25) is 0 Å². The summed E-state index contributed by atoms with van der Waals surface area (Å²) in [6.45, 7) is 0. The highest BCUT2D eigenvalue weighted by molar-refractivity contribution is 7.99. The summed E-state index contributed by atoms with van der Waals surface area (Å²) in [5.41, 5.74) is 2.81. The molecule has 2 aromatic rings. The maximum atomic E-state index is 3.24. The molecule has 1 aromatic carbocycles. The van der Waals surface area contributed by atoms with Crippen LogP contribution in [-0.4, -0.2) is 10.7 Å². The van der Waals surface area contributed by atoms with Crippen molar-refractivity contribution in [3.63, 3.8) is 0 Å². The van der Waals surface area contributed by atoms with Gasteiger partial charge < -0.3 is 4.98 Å². The molecule has 3 rings (SSSR count). The second-order valence-electron chi connectivity index (χ2n) is 3.08. The molecule has 0 radical (unpaired) electrons. The molecule has 12 heavy (non-hydrogen) atoms. The number of fused-ring (bicyclic) bond motifs is 3. The number of hydrogen-bond acceptors (Lipinski definition) is 1. The highest BCUT2D eigenvalue weighted by Crippen LogP contribution is 2.35. The average Bonchev–Trinajstić information content (AvgIpc) is 2.71. The molecule has 60 valence electrons. The summed E-state index contributed by atoms with van der Waals surface area (Å²) < 4.78 is 0. The lowest BCUT2D eigenvalue weighted by Crippen LogP contribution is -1.80. The Morgan fingerprint density at radius 2 is 2.25 bits per heavy atom. The molecule has 0 saturated heterocycles. The zero-order chi connectivity index (χ0) is 7.97. The number of H-pyrrole nitrogens is 1. The van der Waals surface area contributed by atoms with Crippen molar-refractivity contribution < 1.29 is 0 Å². The second-order valence-corrected chi connectivity index (χ2v) is 4.22. The van der Waals surface area contributed by atoms with E-state index >= 15 is 0 Å². The molecule has 0 bridgehead atoms. The molecule has 2 heteroatoms. The first kappa shape index (κ1) is 6.61. The number of hydrogen-bond donors (Lipinski definition) is 1. The minimum absolute atomic E-state index is 1.23. The summed E-state index contributed by atoms with van der Waals surface area (Å²) in [4.78, 5) is 4.71. The van der Waals surface area contributed by atoms with Crippen molar-refractivity contribution in [3.05, 3.63) is 30.0 Å². The molecule has 1 aromatic heterocycles. The average molecular weight is 175 g/mol. The number of rotatable bonds is 0. The fourth-order valence-electron chi connectivity index (χ4n) is 1.83. The van der Waals surface area contributed by atoms with Gasteiger partial charge in [0.05, 0.1) is 0 Å². The zero-order valence-electron chi connectivity index (χ0n) is 6.63. The van der Waals surface area contributed by atoms with Gasteiger partial charge in [0.15, 0.2) is 0 Å². The summed E-state index contributed by atoms with van der Waals surface area (Å²) in [7, 11) is 0. The van der Waals surface area contributed by atoms with Crippen LogP contribution in [0.5, 0.6) is 0 Å². The molecular formula is C10H9NS. The van der Waals surface area contributed by atoms with Crippen molar-refractivity contribution in [3.8, 4) is 0 Å². The summed E-state index contributed by atoms with van der Waals surface area (Å²) in [6.07, 6.45) is 3.25. The fourth-order valence-corrected chi connectivity index (χ4v) is 2.91. The van der Waals surface area contributed by atoms with E-state index in [9.17, 15) is 0 Å². The normalized spacial score (nSPS) is 15.3. The van der Waals surface area contributed by atoms with Gasteiger partial charge in [0.25, 0.3) is 0 Å². The van der Waals surface area contributed by atoms with Crippen LogP contribution in [0, 0.1) is 0 Å². The predicted molar refractivity (Wildman–Crippen MR) is 52.7 cm³/mol. The molecule has 0 aliphatic carbocycles. The largest absolute Gasteiger partial charge is 0.361 e. The molecule has 0 atom stereocenters. The van der Waals surface area contributed by atoms with Crippen LogP contribution in [0.15, 0.2) is 29.3 Å². The van der Waals surface area contributed by atoms with Crippen molar-refractivity contribution in [2.45, 2.75) is 11.3 Å². The maximum absolute atomic E-state index is 3.24. The van der Waals surface area contributed by atoms with Crippen LogP contribution in [0.25, 0.3) is 10.9 Å². The number of thioether (sulfide) groups is 1. The third-order valence-electron chi connectivity index (χ3n) is 2.41. The summed E-state index contributed by atoms with van der Waals surface area (Å²) in [5, 5.41) is 1.41. The van der Waals surface area contributed by atoms with E-state index in [0.717, 1.165) is 0 Å². The predicted octanol–water partition coefficient (Wildman–Crippen LogP) is 2.82. The number of aromatic amines is 1. The van der Waals surface area contributed by atoms with E-state index in [1.807, 2.05) is 18.0 Å². The SMILES string of the molecule is c1cc2c3c(ccc2[nH]1)SCC3. The minimum Gasteiger partial charge on any atom is -0.361 e.